The highest BCUT2D eigenvalue weighted by Gasteiger charge is 2.01. The highest BCUT2D eigenvalue weighted by molar-refractivity contribution is 6.31. The molecule has 0 aromatic heterocycles. The van der Waals surface area contributed by atoms with E-state index in [0.717, 1.165) is 11.6 Å². The number of hydrogen-bond donors (Lipinski definition) is 0. The Kier molecular flexibility index (Phi) is 3.12. The van der Waals surface area contributed by atoms with Crippen LogP contribution < -0.4 is 0 Å². The lowest BCUT2D eigenvalue weighted by Gasteiger charge is -2.12. The van der Waals surface area contributed by atoms with E-state index < -0.39 is 0 Å². The van der Waals surface area contributed by atoms with Crippen LogP contribution in [0.1, 0.15) is 11.1 Å². The van der Waals surface area contributed by atoms with Crippen molar-refractivity contribution in [2.24, 2.45) is 0 Å². The van der Waals surface area contributed by atoms with Gasteiger partial charge in [-0.15, -0.1) is 0 Å². The van der Waals surface area contributed by atoms with Gasteiger partial charge in [-0.25, -0.2) is 0 Å². The molecule has 0 saturated heterocycles. The van der Waals surface area contributed by atoms with E-state index in [9.17, 15) is 0 Å². The molecule has 0 atom stereocenters. The summed E-state index contributed by atoms with van der Waals surface area (Å²) in [6, 6.07) is 6.03. The molecule has 0 heterocycles. The van der Waals surface area contributed by atoms with Crippen molar-refractivity contribution in [2.75, 3.05) is 14.1 Å². The smallest absolute Gasteiger partial charge is 0.0438 e. The minimum absolute atomic E-state index is 0.856. The van der Waals surface area contributed by atoms with Crippen molar-refractivity contribution in [2.45, 2.75) is 13.5 Å². The van der Waals surface area contributed by atoms with Gasteiger partial charge in [0.25, 0.3) is 0 Å². The summed E-state index contributed by atoms with van der Waals surface area (Å²) in [5, 5.41) is 0.856. The van der Waals surface area contributed by atoms with Crippen LogP contribution in [0, 0.1) is 6.92 Å². The fraction of sp³-hybridized carbons (Fsp3) is 0.400. The van der Waals surface area contributed by atoms with Crippen molar-refractivity contribution in [1.29, 1.82) is 0 Å². The van der Waals surface area contributed by atoms with Crippen LogP contribution in [0.5, 0.6) is 0 Å². The van der Waals surface area contributed by atoms with Crippen molar-refractivity contribution in [3.05, 3.63) is 34.3 Å². The fourth-order valence-electron chi connectivity index (χ4n) is 1.16. The number of rotatable bonds is 2. The van der Waals surface area contributed by atoms with Gasteiger partial charge in [0.05, 0.1) is 0 Å². The third-order valence-electron chi connectivity index (χ3n) is 1.87. The highest BCUT2D eigenvalue weighted by Crippen LogP contribution is 2.19. The molecule has 0 saturated carbocycles. The molecule has 0 radical (unpaired) electrons. The summed E-state index contributed by atoms with van der Waals surface area (Å²) in [4.78, 5) is 2.14. The molecular formula is C10H14ClN. The van der Waals surface area contributed by atoms with Crippen LogP contribution in [0.25, 0.3) is 0 Å². The first-order valence-electron chi connectivity index (χ1n) is 4.00. The first-order chi connectivity index (χ1) is 5.61. The van der Waals surface area contributed by atoms with Gasteiger partial charge in [-0.2, -0.15) is 0 Å². The summed E-state index contributed by atoms with van der Waals surface area (Å²) in [6.45, 7) is 3.01. The number of halogens is 1. The quantitative estimate of drug-likeness (QED) is 0.682. The van der Waals surface area contributed by atoms with E-state index in [1.165, 1.54) is 11.1 Å². The number of hydrogen-bond acceptors (Lipinski definition) is 1. The van der Waals surface area contributed by atoms with Gasteiger partial charge in [0.1, 0.15) is 0 Å². The van der Waals surface area contributed by atoms with Crippen LogP contribution in [-0.4, -0.2) is 19.0 Å². The Labute approximate surface area is 79.0 Å². The van der Waals surface area contributed by atoms with Gasteiger partial charge in [0.15, 0.2) is 0 Å². The molecule has 0 aliphatic heterocycles. The molecule has 0 N–H and O–H groups in total. The number of nitrogens with zero attached hydrogens (tertiary/aromatic N) is 1. The minimum Gasteiger partial charge on any atom is -0.305 e. The molecule has 1 aromatic rings. The van der Waals surface area contributed by atoms with E-state index in [2.05, 4.69) is 32.0 Å². The van der Waals surface area contributed by atoms with Crippen LogP contribution in [-0.2, 0) is 6.54 Å². The predicted octanol–water partition coefficient (Wildman–Crippen LogP) is 2.71. The van der Waals surface area contributed by atoms with Crippen LogP contribution in [0.15, 0.2) is 18.2 Å². The monoisotopic (exact) mass is 183 g/mol. The second-order valence-corrected chi connectivity index (χ2v) is 3.67. The molecule has 1 aromatic carbocycles. The molecule has 0 aliphatic carbocycles. The van der Waals surface area contributed by atoms with Gasteiger partial charge in [0.2, 0.25) is 0 Å². The molecule has 66 valence electrons. The van der Waals surface area contributed by atoms with Gasteiger partial charge in [0, 0.05) is 11.6 Å². The SMILES string of the molecule is Cc1c(Cl)cccc1CN(C)C. The van der Waals surface area contributed by atoms with Gasteiger partial charge in [-0.05, 0) is 38.2 Å². The summed E-state index contributed by atoms with van der Waals surface area (Å²) in [7, 11) is 4.11. The average molecular weight is 184 g/mol. The van der Waals surface area contributed by atoms with Crippen molar-refractivity contribution < 1.29 is 0 Å². The van der Waals surface area contributed by atoms with Crippen molar-refractivity contribution >= 4 is 11.6 Å². The first kappa shape index (κ1) is 9.56. The van der Waals surface area contributed by atoms with Crippen molar-refractivity contribution in [3.8, 4) is 0 Å². The molecule has 2 heteroatoms. The fourth-order valence-corrected chi connectivity index (χ4v) is 1.36. The van der Waals surface area contributed by atoms with Crippen LogP contribution >= 0.6 is 11.6 Å². The third kappa shape index (κ3) is 2.23. The maximum atomic E-state index is 5.98. The molecule has 0 spiro atoms. The summed E-state index contributed by atoms with van der Waals surface area (Å²) in [5.41, 5.74) is 2.49. The molecule has 0 aliphatic rings. The van der Waals surface area contributed by atoms with Crippen molar-refractivity contribution in [1.82, 2.24) is 4.90 Å². The Morgan fingerprint density at radius 2 is 2.00 bits per heavy atom. The predicted molar refractivity (Wildman–Crippen MR) is 53.6 cm³/mol. The lowest BCUT2D eigenvalue weighted by molar-refractivity contribution is 0.401. The molecule has 0 fully saturated rings. The zero-order valence-corrected chi connectivity index (χ0v) is 8.52. The first-order valence-corrected chi connectivity index (χ1v) is 4.38. The van der Waals surface area contributed by atoms with Gasteiger partial charge >= 0.3 is 0 Å². The Morgan fingerprint density at radius 3 is 2.58 bits per heavy atom. The molecule has 0 bridgehead atoms. The summed E-state index contributed by atoms with van der Waals surface area (Å²) < 4.78 is 0. The molecule has 1 rings (SSSR count). The number of benzene rings is 1. The minimum atomic E-state index is 0.856. The van der Waals surface area contributed by atoms with Crippen LogP contribution in [0.4, 0.5) is 0 Å². The molecule has 12 heavy (non-hydrogen) atoms. The normalized spacial score (nSPS) is 10.8. The maximum absolute atomic E-state index is 5.98. The maximum Gasteiger partial charge on any atom is 0.0438 e. The standard InChI is InChI=1S/C10H14ClN/c1-8-9(7-12(2)3)5-4-6-10(8)11/h4-6H,7H2,1-3H3. The van der Waals surface area contributed by atoms with E-state index in [1.54, 1.807) is 0 Å². The van der Waals surface area contributed by atoms with E-state index in [0.29, 0.717) is 0 Å². The Hall–Kier alpha value is -0.530. The van der Waals surface area contributed by atoms with Gasteiger partial charge in [-0.1, -0.05) is 23.7 Å². The van der Waals surface area contributed by atoms with E-state index >= 15 is 0 Å². The second-order valence-electron chi connectivity index (χ2n) is 3.26. The third-order valence-corrected chi connectivity index (χ3v) is 2.28. The topological polar surface area (TPSA) is 3.24 Å². The summed E-state index contributed by atoms with van der Waals surface area (Å²) in [5.74, 6) is 0. The zero-order valence-electron chi connectivity index (χ0n) is 7.76. The lowest BCUT2D eigenvalue weighted by Crippen LogP contribution is -2.11. The lowest BCUT2D eigenvalue weighted by atomic mass is 10.1. The van der Waals surface area contributed by atoms with E-state index in [4.69, 9.17) is 11.6 Å². The highest BCUT2D eigenvalue weighted by atomic mass is 35.5. The summed E-state index contributed by atoms with van der Waals surface area (Å²) >= 11 is 5.98. The Morgan fingerprint density at radius 1 is 1.33 bits per heavy atom. The molecule has 0 amide bonds. The van der Waals surface area contributed by atoms with E-state index in [-0.39, 0.29) is 0 Å². The second kappa shape index (κ2) is 3.92. The van der Waals surface area contributed by atoms with Gasteiger partial charge < -0.3 is 4.90 Å². The summed E-state index contributed by atoms with van der Waals surface area (Å²) in [6.07, 6.45) is 0. The zero-order chi connectivity index (χ0) is 9.14. The molecule has 1 nitrogen and oxygen atoms in total. The Bertz CT molecular complexity index is 269. The van der Waals surface area contributed by atoms with Gasteiger partial charge in [-0.3, -0.25) is 0 Å². The largest absolute Gasteiger partial charge is 0.305 e. The van der Waals surface area contributed by atoms with E-state index in [1.807, 2.05) is 12.1 Å². The average Bonchev–Trinajstić information content (AvgIpc) is 1.98. The van der Waals surface area contributed by atoms with Crippen LogP contribution in [0.3, 0.4) is 0 Å². The van der Waals surface area contributed by atoms with Crippen molar-refractivity contribution in [3.63, 3.8) is 0 Å². The molecule has 0 unspecified atom stereocenters. The Balaban J connectivity index is 2.92. The molecular weight excluding hydrogens is 170 g/mol. The van der Waals surface area contributed by atoms with Crippen LogP contribution in [0.2, 0.25) is 5.02 Å².